The average Bonchev–Trinajstić information content (AvgIpc) is 3.20. The number of para-hydroxylation sites is 1. The SMILES string of the molecule is Cc1nc2ccccc2c(C)c1C(=O)NCC1CC1. The zero-order chi connectivity index (χ0) is 13.4. The van der Waals surface area contributed by atoms with E-state index in [-0.39, 0.29) is 5.91 Å². The molecule has 3 nitrogen and oxygen atoms in total. The van der Waals surface area contributed by atoms with Gasteiger partial charge in [0.25, 0.3) is 5.91 Å². The largest absolute Gasteiger partial charge is 0.352 e. The molecule has 2 aromatic rings. The van der Waals surface area contributed by atoms with Crippen LogP contribution < -0.4 is 5.32 Å². The van der Waals surface area contributed by atoms with E-state index in [0.717, 1.165) is 34.3 Å². The molecule has 1 aliphatic carbocycles. The number of rotatable bonds is 3. The summed E-state index contributed by atoms with van der Waals surface area (Å²) in [5.41, 5.74) is 3.52. The number of carbonyl (C=O) groups is 1. The highest BCUT2D eigenvalue weighted by Crippen LogP contribution is 2.28. The highest BCUT2D eigenvalue weighted by Gasteiger charge is 2.23. The molecule has 0 saturated heterocycles. The topological polar surface area (TPSA) is 42.0 Å². The Hall–Kier alpha value is -1.90. The Morgan fingerprint density at radius 1 is 1.32 bits per heavy atom. The summed E-state index contributed by atoms with van der Waals surface area (Å²) < 4.78 is 0. The molecule has 0 spiro atoms. The van der Waals surface area contributed by atoms with Gasteiger partial charge < -0.3 is 5.32 Å². The number of benzene rings is 1. The number of carbonyl (C=O) groups excluding carboxylic acids is 1. The Morgan fingerprint density at radius 3 is 2.79 bits per heavy atom. The van der Waals surface area contributed by atoms with Crippen molar-refractivity contribution in [2.24, 2.45) is 5.92 Å². The standard InChI is InChI=1S/C16H18N2O/c1-10-13-5-3-4-6-14(13)18-11(2)15(10)16(19)17-9-12-7-8-12/h3-6,12H,7-9H2,1-2H3,(H,17,19). The van der Waals surface area contributed by atoms with Crippen LogP contribution in [-0.4, -0.2) is 17.4 Å². The number of aromatic nitrogens is 1. The Labute approximate surface area is 113 Å². The van der Waals surface area contributed by atoms with E-state index in [1.807, 2.05) is 38.1 Å². The van der Waals surface area contributed by atoms with E-state index in [1.165, 1.54) is 12.8 Å². The zero-order valence-corrected chi connectivity index (χ0v) is 11.4. The van der Waals surface area contributed by atoms with Crippen molar-refractivity contribution in [1.29, 1.82) is 0 Å². The van der Waals surface area contributed by atoms with Gasteiger partial charge in [0.15, 0.2) is 0 Å². The monoisotopic (exact) mass is 254 g/mol. The van der Waals surface area contributed by atoms with Crippen LogP contribution in [0.4, 0.5) is 0 Å². The molecular formula is C16H18N2O. The summed E-state index contributed by atoms with van der Waals surface area (Å²) in [5.74, 6) is 0.707. The van der Waals surface area contributed by atoms with Crippen LogP contribution in [0, 0.1) is 19.8 Å². The summed E-state index contributed by atoms with van der Waals surface area (Å²) in [5, 5.41) is 4.09. The van der Waals surface area contributed by atoms with Gasteiger partial charge >= 0.3 is 0 Å². The first-order chi connectivity index (χ1) is 9.16. The third-order valence-electron chi connectivity index (χ3n) is 3.81. The Balaban J connectivity index is 1.99. The molecule has 0 aliphatic heterocycles. The number of hydrogen-bond donors (Lipinski definition) is 1. The summed E-state index contributed by atoms with van der Waals surface area (Å²) >= 11 is 0. The van der Waals surface area contributed by atoms with E-state index >= 15 is 0 Å². The van der Waals surface area contributed by atoms with Crippen LogP contribution in [0.1, 0.15) is 34.5 Å². The summed E-state index contributed by atoms with van der Waals surface area (Å²) in [6, 6.07) is 7.97. The van der Waals surface area contributed by atoms with Crippen molar-refractivity contribution in [2.75, 3.05) is 6.54 Å². The van der Waals surface area contributed by atoms with E-state index < -0.39 is 0 Å². The van der Waals surface area contributed by atoms with E-state index in [9.17, 15) is 4.79 Å². The molecule has 1 heterocycles. The van der Waals surface area contributed by atoms with Gasteiger partial charge in [-0.05, 0) is 44.2 Å². The lowest BCUT2D eigenvalue weighted by Crippen LogP contribution is -2.27. The van der Waals surface area contributed by atoms with Crippen LogP contribution in [0.25, 0.3) is 10.9 Å². The molecule has 1 fully saturated rings. The quantitative estimate of drug-likeness (QED) is 0.915. The van der Waals surface area contributed by atoms with Crippen LogP contribution in [-0.2, 0) is 0 Å². The first-order valence-electron chi connectivity index (χ1n) is 6.81. The Bertz CT molecular complexity index is 644. The Kier molecular flexibility index (Phi) is 2.97. The highest BCUT2D eigenvalue weighted by atomic mass is 16.1. The second-order valence-electron chi connectivity index (χ2n) is 5.37. The lowest BCUT2D eigenvalue weighted by atomic mass is 10.0. The van der Waals surface area contributed by atoms with Gasteiger partial charge in [-0.3, -0.25) is 9.78 Å². The van der Waals surface area contributed by atoms with Gasteiger partial charge in [0.2, 0.25) is 0 Å². The molecule has 0 bridgehead atoms. The van der Waals surface area contributed by atoms with Crippen molar-refractivity contribution in [3.63, 3.8) is 0 Å². The summed E-state index contributed by atoms with van der Waals surface area (Å²) in [4.78, 5) is 16.9. The maximum absolute atomic E-state index is 12.3. The van der Waals surface area contributed by atoms with Crippen LogP contribution in [0.15, 0.2) is 24.3 Å². The summed E-state index contributed by atoms with van der Waals surface area (Å²) in [6.07, 6.45) is 2.49. The summed E-state index contributed by atoms with van der Waals surface area (Å²) in [6.45, 7) is 4.71. The first kappa shape index (κ1) is 12.2. The molecule has 0 atom stereocenters. The van der Waals surface area contributed by atoms with Crippen molar-refractivity contribution >= 4 is 16.8 Å². The molecule has 3 rings (SSSR count). The molecule has 1 amide bonds. The van der Waals surface area contributed by atoms with Gasteiger partial charge in [-0.25, -0.2) is 0 Å². The van der Waals surface area contributed by atoms with Gasteiger partial charge in [0.05, 0.1) is 16.8 Å². The second-order valence-corrected chi connectivity index (χ2v) is 5.37. The van der Waals surface area contributed by atoms with E-state index in [1.54, 1.807) is 0 Å². The Morgan fingerprint density at radius 2 is 2.05 bits per heavy atom. The molecule has 3 heteroatoms. The van der Waals surface area contributed by atoms with Crippen molar-refractivity contribution in [2.45, 2.75) is 26.7 Å². The lowest BCUT2D eigenvalue weighted by Gasteiger charge is -2.12. The maximum Gasteiger partial charge on any atom is 0.253 e. The van der Waals surface area contributed by atoms with Crippen molar-refractivity contribution in [3.8, 4) is 0 Å². The van der Waals surface area contributed by atoms with Gasteiger partial charge in [-0.1, -0.05) is 18.2 Å². The molecule has 1 N–H and O–H groups in total. The molecule has 1 aromatic heterocycles. The van der Waals surface area contributed by atoms with Crippen LogP contribution in [0.3, 0.4) is 0 Å². The van der Waals surface area contributed by atoms with E-state index in [2.05, 4.69) is 10.3 Å². The lowest BCUT2D eigenvalue weighted by molar-refractivity contribution is 0.0950. The molecule has 1 aliphatic rings. The van der Waals surface area contributed by atoms with Gasteiger partial charge in [-0.2, -0.15) is 0 Å². The number of hydrogen-bond acceptors (Lipinski definition) is 2. The van der Waals surface area contributed by atoms with Crippen LogP contribution in [0.2, 0.25) is 0 Å². The molecule has 19 heavy (non-hydrogen) atoms. The minimum absolute atomic E-state index is 0.0140. The smallest absolute Gasteiger partial charge is 0.253 e. The number of nitrogens with one attached hydrogen (secondary N) is 1. The van der Waals surface area contributed by atoms with Gasteiger partial charge in [0.1, 0.15) is 0 Å². The molecule has 98 valence electrons. The maximum atomic E-state index is 12.3. The predicted octanol–water partition coefficient (Wildman–Crippen LogP) is 2.99. The van der Waals surface area contributed by atoms with Crippen LogP contribution >= 0.6 is 0 Å². The highest BCUT2D eigenvalue weighted by molar-refractivity contribution is 6.01. The average molecular weight is 254 g/mol. The third kappa shape index (κ3) is 2.33. The molecule has 1 aromatic carbocycles. The van der Waals surface area contributed by atoms with E-state index in [0.29, 0.717) is 5.92 Å². The first-order valence-corrected chi connectivity index (χ1v) is 6.81. The fourth-order valence-electron chi connectivity index (χ4n) is 2.51. The number of aryl methyl sites for hydroxylation is 2. The summed E-state index contributed by atoms with van der Waals surface area (Å²) in [7, 11) is 0. The number of amides is 1. The second kappa shape index (κ2) is 4.65. The van der Waals surface area contributed by atoms with Crippen LogP contribution in [0.5, 0.6) is 0 Å². The number of pyridine rings is 1. The number of nitrogens with zero attached hydrogens (tertiary/aromatic N) is 1. The van der Waals surface area contributed by atoms with Crippen molar-refractivity contribution < 1.29 is 4.79 Å². The zero-order valence-electron chi connectivity index (χ0n) is 11.4. The van der Waals surface area contributed by atoms with E-state index in [4.69, 9.17) is 0 Å². The van der Waals surface area contributed by atoms with Crippen molar-refractivity contribution in [1.82, 2.24) is 10.3 Å². The number of fused-ring (bicyclic) bond motifs is 1. The fourth-order valence-corrected chi connectivity index (χ4v) is 2.51. The third-order valence-corrected chi connectivity index (χ3v) is 3.81. The van der Waals surface area contributed by atoms with Gasteiger partial charge in [-0.15, -0.1) is 0 Å². The van der Waals surface area contributed by atoms with Gasteiger partial charge in [0, 0.05) is 11.9 Å². The molecule has 0 radical (unpaired) electrons. The molecule has 0 unspecified atom stereocenters. The predicted molar refractivity (Wildman–Crippen MR) is 76.3 cm³/mol. The normalized spacial score (nSPS) is 14.6. The molecular weight excluding hydrogens is 236 g/mol. The van der Waals surface area contributed by atoms with Crippen molar-refractivity contribution in [3.05, 3.63) is 41.1 Å². The minimum Gasteiger partial charge on any atom is -0.352 e. The molecule has 1 saturated carbocycles. The minimum atomic E-state index is 0.0140. The fraction of sp³-hybridized carbons (Fsp3) is 0.375.